The largest absolute Gasteiger partial charge is 0.481 e. The highest BCUT2D eigenvalue weighted by molar-refractivity contribution is 6.12. The fraction of sp³-hybridized carbons (Fsp3) is 0.300. The molecule has 2 N–H and O–H groups in total. The molecule has 0 fully saturated rings. The minimum Gasteiger partial charge on any atom is -0.481 e. The van der Waals surface area contributed by atoms with E-state index in [1.54, 1.807) is 6.92 Å². The lowest BCUT2D eigenvalue weighted by atomic mass is 9.99. The number of carboxylic acid groups (broad SMARTS) is 1. The van der Waals surface area contributed by atoms with Crippen LogP contribution in [0.5, 0.6) is 0 Å². The normalized spacial score (nSPS) is 11.2. The van der Waals surface area contributed by atoms with Crippen LogP contribution in [-0.2, 0) is 14.3 Å². The van der Waals surface area contributed by atoms with Crippen LogP contribution in [0.1, 0.15) is 38.2 Å². The van der Waals surface area contributed by atoms with Crippen LogP contribution >= 0.6 is 0 Å². The minimum atomic E-state index is -0.935. The van der Waals surface area contributed by atoms with Gasteiger partial charge in [-0.1, -0.05) is 36.4 Å². The summed E-state index contributed by atoms with van der Waals surface area (Å²) in [5.74, 6) is -1.08. The number of hydrogen-bond donors (Lipinski definition) is 2. The average Bonchev–Trinajstić information content (AvgIpc) is 2.64. The molecule has 0 atom stereocenters. The molecule has 2 aromatic rings. The first kappa shape index (κ1) is 20.1. The Morgan fingerprint density at radius 1 is 1.07 bits per heavy atom. The van der Waals surface area contributed by atoms with E-state index in [4.69, 9.17) is 9.84 Å². The van der Waals surface area contributed by atoms with E-state index in [1.165, 1.54) is 0 Å². The van der Waals surface area contributed by atoms with E-state index in [2.05, 4.69) is 10.5 Å². The SMILES string of the molecule is CCOC(=O)N/N=C(\CC(=O)CCCC(=O)O)c1ccc2ccccc2c1. The molecule has 0 unspecified atom stereocenters. The Balaban J connectivity index is 2.19. The summed E-state index contributed by atoms with van der Waals surface area (Å²) in [5.41, 5.74) is 3.39. The topological polar surface area (TPSA) is 105 Å². The van der Waals surface area contributed by atoms with E-state index in [0.29, 0.717) is 11.3 Å². The maximum atomic E-state index is 12.2. The van der Waals surface area contributed by atoms with Gasteiger partial charge < -0.3 is 9.84 Å². The Bertz CT molecular complexity index is 860. The first-order valence-corrected chi connectivity index (χ1v) is 8.71. The molecule has 142 valence electrons. The maximum Gasteiger partial charge on any atom is 0.427 e. The molecule has 2 rings (SSSR count). The van der Waals surface area contributed by atoms with Gasteiger partial charge in [-0.15, -0.1) is 0 Å². The lowest BCUT2D eigenvalue weighted by molar-refractivity contribution is -0.137. The third-order valence-electron chi connectivity index (χ3n) is 3.85. The highest BCUT2D eigenvalue weighted by Gasteiger charge is 2.13. The first-order valence-electron chi connectivity index (χ1n) is 8.71. The Labute approximate surface area is 157 Å². The monoisotopic (exact) mass is 370 g/mol. The Morgan fingerprint density at radius 3 is 2.52 bits per heavy atom. The van der Waals surface area contributed by atoms with Crippen molar-refractivity contribution in [1.29, 1.82) is 0 Å². The van der Waals surface area contributed by atoms with Crippen LogP contribution in [-0.4, -0.2) is 35.3 Å². The van der Waals surface area contributed by atoms with Crippen LogP contribution in [0, 0.1) is 0 Å². The van der Waals surface area contributed by atoms with E-state index in [0.717, 1.165) is 10.8 Å². The van der Waals surface area contributed by atoms with Crippen LogP contribution in [0.25, 0.3) is 10.8 Å². The number of fused-ring (bicyclic) bond motifs is 1. The molecule has 7 heteroatoms. The van der Waals surface area contributed by atoms with Gasteiger partial charge in [0.1, 0.15) is 5.78 Å². The molecular weight excluding hydrogens is 348 g/mol. The zero-order chi connectivity index (χ0) is 19.6. The number of hydrazone groups is 1. The first-order chi connectivity index (χ1) is 13.0. The van der Waals surface area contributed by atoms with Crippen molar-refractivity contribution in [2.45, 2.75) is 32.6 Å². The summed E-state index contributed by atoms with van der Waals surface area (Å²) < 4.78 is 4.79. The fourth-order valence-corrected chi connectivity index (χ4v) is 2.56. The molecule has 0 bridgehead atoms. The van der Waals surface area contributed by atoms with Crippen LogP contribution in [0.15, 0.2) is 47.6 Å². The number of rotatable bonds is 9. The third kappa shape index (κ3) is 6.54. The lowest BCUT2D eigenvalue weighted by Crippen LogP contribution is -2.22. The number of ketones is 1. The molecule has 0 aliphatic carbocycles. The van der Waals surface area contributed by atoms with Gasteiger partial charge in [-0.3, -0.25) is 9.59 Å². The van der Waals surface area contributed by atoms with Gasteiger partial charge in [-0.2, -0.15) is 5.10 Å². The zero-order valence-corrected chi connectivity index (χ0v) is 15.1. The van der Waals surface area contributed by atoms with Crippen LogP contribution in [0.2, 0.25) is 0 Å². The van der Waals surface area contributed by atoms with Gasteiger partial charge in [0, 0.05) is 12.8 Å². The summed E-state index contributed by atoms with van der Waals surface area (Å²) in [7, 11) is 0. The molecule has 0 spiro atoms. The number of amides is 1. The van der Waals surface area contributed by atoms with Gasteiger partial charge in [0.2, 0.25) is 0 Å². The van der Waals surface area contributed by atoms with E-state index < -0.39 is 12.1 Å². The van der Waals surface area contributed by atoms with E-state index in [9.17, 15) is 14.4 Å². The summed E-state index contributed by atoms with van der Waals surface area (Å²) in [4.78, 5) is 34.3. The second kappa shape index (κ2) is 10.1. The van der Waals surface area contributed by atoms with Crippen molar-refractivity contribution in [2.24, 2.45) is 5.10 Å². The summed E-state index contributed by atoms with van der Waals surface area (Å²) in [6.45, 7) is 1.89. The maximum absolute atomic E-state index is 12.2. The number of Topliss-reactive ketones (excluding diaryl/α,β-unsaturated/α-hetero) is 1. The lowest BCUT2D eigenvalue weighted by Gasteiger charge is -2.09. The number of carbonyl (C=O) groups excluding carboxylic acids is 2. The average molecular weight is 370 g/mol. The molecule has 0 radical (unpaired) electrons. The molecule has 0 aromatic heterocycles. The van der Waals surface area contributed by atoms with Gasteiger partial charge in [0.15, 0.2) is 0 Å². The second-order valence-electron chi connectivity index (χ2n) is 5.92. The predicted octanol–water partition coefficient (Wildman–Crippen LogP) is 3.50. The Morgan fingerprint density at radius 2 is 1.81 bits per heavy atom. The van der Waals surface area contributed by atoms with Gasteiger partial charge in [-0.25, -0.2) is 10.2 Å². The van der Waals surface area contributed by atoms with Gasteiger partial charge in [-0.05, 0) is 35.7 Å². The fourth-order valence-electron chi connectivity index (χ4n) is 2.56. The third-order valence-corrected chi connectivity index (χ3v) is 3.85. The molecular formula is C20H22N2O5. The van der Waals surface area contributed by atoms with Crippen LogP contribution < -0.4 is 5.43 Å². The van der Waals surface area contributed by atoms with E-state index in [1.807, 2.05) is 42.5 Å². The standard InChI is InChI=1S/C20H22N2O5/c1-2-27-20(26)22-21-18(13-17(23)8-5-9-19(24)25)16-11-10-14-6-3-4-7-15(14)12-16/h3-4,6-7,10-12H,2,5,8-9,13H2,1H3,(H,22,26)(H,24,25)/b21-18+. The summed E-state index contributed by atoms with van der Waals surface area (Å²) in [6, 6.07) is 13.4. The number of nitrogens with zero attached hydrogens (tertiary/aromatic N) is 1. The van der Waals surface area contributed by atoms with Crippen molar-refractivity contribution >= 4 is 34.3 Å². The molecule has 0 aliphatic rings. The summed E-state index contributed by atoms with van der Waals surface area (Å²) in [6.07, 6.45) is -0.364. The number of aliphatic carboxylic acids is 1. The highest BCUT2D eigenvalue weighted by Crippen LogP contribution is 2.17. The van der Waals surface area contributed by atoms with Gasteiger partial charge in [0.05, 0.1) is 18.7 Å². The van der Waals surface area contributed by atoms with Crippen molar-refractivity contribution in [3.05, 3.63) is 48.0 Å². The van der Waals surface area contributed by atoms with Crippen LogP contribution in [0.4, 0.5) is 4.79 Å². The number of nitrogens with one attached hydrogen (secondary N) is 1. The summed E-state index contributed by atoms with van der Waals surface area (Å²) >= 11 is 0. The number of carbonyl (C=O) groups is 3. The summed E-state index contributed by atoms with van der Waals surface area (Å²) in [5, 5.41) is 14.8. The van der Waals surface area contributed by atoms with Gasteiger partial charge in [0.25, 0.3) is 0 Å². The molecule has 0 saturated carbocycles. The zero-order valence-electron chi connectivity index (χ0n) is 15.1. The second-order valence-corrected chi connectivity index (χ2v) is 5.92. The Kier molecular flexibility index (Phi) is 7.49. The van der Waals surface area contributed by atoms with Crippen molar-refractivity contribution in [1.82, 2.24) is 5.43 Å². The smallest absolute Gasteiger partial charge is 0.427 e. The van der Waals surface area contributed by atoms with Crippen LogP contribution in [0.3, 0.4) is 0 Å². The highest BCUT2D eigenvalue weighted by atomic mass is 16.5. The molecule has 1 amide bonds. The van der Waals surface area contributed by atoms with Gasteiger partial charge >= 0.3 is 12.1 Å². The van der Waals surface area contributed by atoms with Crippen molar-refractivity contribution in [2.75, 3.05) is 6.61 Å². The van der Waals surface area contributed by atoms with Crippen molar-refractivity contribution in [3.63, 3.8) is 0 Å². The quantitative estimate of drug-likeness (QED) is 0.519. The predicted molar refractivity (Wildman–Crippen MR) is 102 cm³/mol. The molecule has 0 heterocycles. The molecule has 2 aromatic carbocycles. The number of hydrogen-bond acceptors (Lipinski definition) is 5. The molecule has 27 heavy (non-hydrogen) atoms. The molecule has 0 aliphatic heterocycles. The number of carboxylic acids is 1. The molecule has 0 saturated heterocycles. The van der Waals surface area contributed by atoms with Crippen molar-refractivity contribution in [3.8, 4) is 0 Å². The van der Waals surface area contributed by atoms with Crippen molar-refractivity contribution < 1.29 is 24.2 Å². The van der Waals surface area contributed by atoms with E-state index in [-0.39, 0.29) is 38.1 Å². The number of ether oxygens (including phenoxy) is 1. The minimum absolute atomic E-state index is 0.00956. The van der Waals surface area contributed by atoms with E-state index >= 15 is 0 Å². The number of benzene rings is 2. The Hall–Kier alpha value is -3.22. The molecule has 7 nitrogen and oxygen atoms in total.